The Hall–Kier alpha value is -1.53. The Morgan fingerprint density at radius 2 is 1.73 bits per heavy atom. The lowest BCUT2D eigenvalue weighted by molar-refractivity contribution is 0.315. The van der Waals surface area contributed by atoms with Gasteiger partial charge in [0.05, 0.1) is 6.04 Å². The van der Waals surface area contributed by atoms with Crippen LogP contribution in [0.5, 0.6) is 5.75 Å². The Morgan fingerprint density at radius 1 is 1.09 bits per heavy atom. The summed E-state index contributed by atoms with van der Waals surface area (Å²) in [4.78, 5) is 0. The number of halogens is 2. The highest BCUT2D eigenvalue weighted by Crippen LogP contribution is 2.39. The molecule has 3 nitrogen and oxygen atoms in total. The molecular formula is C27H44F2N2OS. The van der Waals surface area contributed by atoms with Crippen molar-refractivity contribution in [3.63, 3.8) is 0 Å². The predicted molar refractivity (Wildman–Crippen MR) is 141 cm³/mol. The number of rotatable bonds is 10. The van der Waals surface area contributed by atoms with E-state index < -0.39 is 18.0 Å². The number of benzene rings is 1. The first-order valence-electron chi connectivity index (χ1n) is 12.2. The van der Waals surface area contributed by atoms with Crippen LogP contribution in [0.3, 0.4) is 0 Å². The fourth-order valence-electron chi connectivity index (χ4n) is 3.67. The summed E-state index contributed by atoms with van der Waals surface area (Å²) in [6.07, 6.45) is 6.57. The molecule has 1 aliphatic rings. The molecular weight excluding hydrogens is 438 g/mol. The summed E-state index contributed by atoms with van der Waals surface area (Å²) in [6, 6.07) is 2.17. The van der Waals surface area contributed by atoms with Gasteiger partial charge in [-0.05, 0) is 43.4 Å². The zero-order chi connectivity index (χ0) is 25.1. The number of unbranched alkanes of at least 4 members (excludes halogenated alkanes) is 2. The number of hydrogen-bond acceptors (Lipinski definition) is 4. The van der Waals surface area contributed by atoms with Crippen LogP contribution in [0.1, 0.15) is 89.8 Å². The minimum Gasteiger partial charge on any atom is -0.507 e. The van der Waals surface area contributed by atoms with Gasteiger partial charge < -0.3 is 16.6 Å². The molecule has 0 radical (unpaired) electrons. The summed E-state index contributed by atoms with van der Waals surface area (Å²) in [6.45, 7) is 12.8. The normalized spacial score (nSPS) is 19.3. The van der Waals surface area contributed by atoms with Crippen LogP contribution in [-0.4, -0.2) is 22.6 Å². The molecule has 3 atom stereocenters. The number of hydrogen-bond donors (Lipinski definition) is 3. The molecule has 188 valence electrons. The summed E-state index contributed by atoms with van der Waals surface area (Å²) in [5.74, 6) is 0.712. The second-order valence-corrected chi connectivity index (χ2v) is 10.9. The number of allylic oxidation sites excluding steroid dienone is 2. The second kappa shape index (κ2) is 14.7. The number of aryl methyl sites for hydroxylation is 1. The molecule has 0 aliphatic heterocycles. The van der Waals surface area contributed by atoms with Crippen LogP contribution in [0, 0.1) is 12.8 Å². The van der Waals surface area contributed by atoms with Gasteiger partial charge in [0.15, 0.2) is 6.17 Å². The third kappa shape index (κ3) is 9.32. The second-order valence-electron chi connectivity index (χ2n) is 9.60. The van der Waals surface area contributed by atoms with Crippen LogP contribution in [0.2, 0.25) is 0 Å². The zero-order valence-corrected chi connectivity index (χ0v) is 22.1. The highest BCUT2D eigenvalue weighted by atomic mass is 32.2. The van der Waals surface area contributed by atoms with Crippen molar-refractivity contribution in [1.29, 1.82) is 0 Å². The maximum atomic E-state index is 14.7. The number of nitrogens with two attached hydrogens (primary N) is 2. The van der Waals surface area contributed by atoms with Crippen molar-refractivity contribution in [2.24, 2.45) is 17.4 Å². The van der Waals surface area contributed by atoms with E-state index in [1.165, 1.54) is 25.3 Å². The van der Waals surface area contributed by atoms with Gasteiger partial charge in [0.1, 0.15) is 11.6 Å². The van der Waals surface area contributed by atoms with Gasteiger partial charge in [0.2, 0.25) is 0 Å². The molecule has 0 saturated carbocycles. The summed E-state index contributed by atoms with van der Waals surface area (Å²) in [5, 5.41) is 11.4. The minimum atomic E-state index is -1.75. The van der Waals surface area contributed by atoms with Crippen molar-refractivity contribution in [3.05, 3.63) is 46.4 Å². The first-order chi connectivity index (χ1) is 15.5. The van der Waals surface area contributed by atoms with Crippen molar-refractivity contribution in [2.75, 3.05) is 0 Å². The van der Waals surface area contributed by atoms with Crippen molar-refractivity contribution in [1.82, 2.24) is 0 Å². The van der Waals surface area contributed by atoms with Crippen molar-refractivity contribution >= 4 is 17.3 Å². The summed E-state index contributed by atoms with van der Waals surface area (Å²) < 4.78 is 28.6. The molecule has 1 aromatic carbocycles. The number of aromatic hydroxyl groups is 1. The molecule has 3 unspecified atom stereocenters. The molecule has 0 saturated heterocycles. The maximum Gasteiger partial charge on any atom is 0.161 e. The topological polar surface area (TPSA) is 72.3 Å². The highest BCUT2D eigenvalue weighted by molar-refractivity contribution is 7.99. The van der Waals surface area contributed by atoms with Gasteiger partial charge in [0.25, 0.3) is 0 Å². The van der Waals surface area contributed by atoms with Crippen LogP contribution in [0.25, 0.3) is 5.57 Å². The highest BCUT2D eigenvalue weighted by Gasteiger charge is 2.32. The molecule has 0 aromatic heterocycles. The van der Waals surface area contributed by atoms with E-state index in [4.69, 9.17) is 11.5 Å². The lowest BCUT2D eigenvalue weighted by Gasteiger charge is -2.24. The van der Waals surface area contributed by atoms with E-state index in [9.17, 15) is 13.9 Å². The maximum absolute atomic E-state index is 14.7. The summed E-state index contributed by atoms with van der Waals surface area (Å²) >= 11 is 1.84. The number of thioether (sulfide) groups is 1. The summed E-state index contributed by atoms with van der Waals surface area (Å²) in [7, 11) is 0. The third-order valence-electron chi connectivity index (χ3n) is 5.33. The van der Waals surface area contributed by atoms with Crippen molar-refractivity contribution in [3.8, 4) is 5.75 Å². The Bertz CT molecular complexity index is 805. The molecule has 0 amide bonds. The monoisotopic (exact) mass is 482 g/mol. The molecule has 0 spiro atoms. The van der Waals surface area contributed by atoms with Gasteiger partial charge in [0, 0.05) is 33.4 Å². The number of phenols is 1. The molecule has 6 heteroatoms. The molecule has 1 aliphatic carbocycles. The van der Waals surface area contributed by atoms with E-state index in [1.807, 2.05) is 24.8 Å². The fraction of sp³-hybridized carbons (Fsp3) is 0.630. The Morgan fingerprint density at radius 3 is 2.30 bits per heavy atom. The molecule has 0 heterocycles. The van der Waals surface area contributed by atoms with Gasteiger partial charge in [-0.2, -0.15) is 11.8 Å². The standard InChI is InChI=1S/C23H34F2N2OS.C4H10/c1-4-6-7-9-16(8-5-2)29-13-15-10-14(3)11-18(23(15)28)17-12-19(26)21(25)22(27)20(17)24;1-4(2)3/h10-12,16,21-22,28H,4-9,13,26-27H2,1-3H3;4H,1-3H3. The lowest BCUT2D eigenvalue weighted by atomic mass is 9.90. The first kappa shape index (κ1) is 29.5. The van der Waals surface area contributed by atoms with Gasteiger partial charge in [-0.1, -0.05) is 66.4 Å². The van der Waals surface area contributed by atoms with E-state index in [0.717, 1.165) is 36.3 Å². The first-order valence-corrected chi connectivity index (χ1v) is 13.3. The van der Waals surface area contributed by atoms with Crippen LogP contribution in [0.4, 0.5) is 8.78 Å². The molecule has 2 rings (SSSR count). The third-order valence-corrected chi connectivity index (χ3v) is 6.75. The Kier molecular flexibility index (Phi) is 13.1. The van der Waals surface area contributed by atoms with Gasteiger partial charge in [-0.3, -0.25) is 0 Å². The molecule has 33 heavy (non-hydrogen) atoms. The van der Waals surface area contributed by atoms with Crippen molar-refractivity contribution < 1.29 is 13.9 Å². The van der Waals surface area contributed by atoms with Gasteiger partial charge in [-0.25, -0.2) is 8.78 Å². The quantitative estimate of drug-likeness (QED) is 0.301. The smallest absolute Gasteiger partial charge is 0.161 e. The minimum absolute atomic E-state index is 0.0191. The SMILES string of the molecule is CC(C)C.CCCCCC(CCC)SCc1cc(C)cc(C2=C(F)C(N)C(F)C(N)=C2)c1O. The largest absolute Gasteiger partial charge is 0.507 e. The molecule has 0 bridgehead atoms. The number of alkyl halides is 1. The van der Waals surface area contributed by atoms with Crippen LogP contribution >= 0.6 is 11.8 Å². The van der Waals surface area contributed by atoms with Crippen LogP contribution < -0.4 is 11.5 Å². The van der Waals surface area contributed by atoms with Crippen LogP contribution in [-0.2, 0) is 5.75 Å². The average molecular weight is 483 g/mol. The van der Waals surface area contributed by atoms with E-state index in [2.05, 4.69) is 34.6 Å². The fourth-order valence-corrected chi connectivity index (χ4v) is 5.04. The van der Waals surface area contributed by atoms with Crippen LogP contribution in [0.15, 0.2) is 29.7 Å². The van der Waals surface area contributed by atoms with E-state index in [1.54, 1.807) is 6.07 Å². The Balaban J connectivity index is 0.00000125. The van der Waals surface area contributed by atoms with Gasteiger partial charge in [-0.15, -0.1) is 0 Å². The molecule has 1 aromatic rings. The lowest BCUT2D eigenvalue weighted by Crippen LogP contribution is -2.38. The molecule has 5 N–H and O–H groups in total. The molecule has 0 fully saturated rings. The van der Waals surface area contributed by atoms with Gasteiger partial charge >= 0.3 is 0 Å². The number of phenolic OH excluding ortho intramolecular Hbond substituents is 1. The van der Waals surface area contributed by atoms with E-state index in [-0.39, 0.29) is 17.0 Å². The van der Waals surface area contributed by atoms with Crippen molar-refractivity contribution in [2.45, 2.75) is 103 Å². The zero-order valence-electron chi connectivity index (χ0n) is 21.3. The van der Waals surface area contributed by atoms with E-state index in [0.29, 0.717) is 16.6 Å². The summed E-state index contributed by atoms with van der Waals surface area (Å²) in [5.41, 5.74) is 13.3. The average Bonchev–Trinajstić information content (AvgIpc) is 2.74. The predicted octanol–water partition coefficient (Wildman–Crippen LogP) is 7.55. The van der Waals surface area contributed by atoms with E-state index >= 15 is 0 Å². The Labute approximate surface area is 204 Å².